The molecule has 2 aromatic heterocycles. The first-order valence-corrected chi connectivity index (χ1v) is 11.7. The lowest BCUT2D eigenvalue weighted by Gasteiger charge is -2.36. The van der Waals surface area contributed by atoms with Crippen LogP contribution in [-0.4, -0.2) is 51.7 Å². The highest BCUT2D eigenvalue weighted by Gasteiger charge is 2.23. The van der Waals surface area contributed by atoms with E-state index in [1.807, 2.05) is 38.1 Å². The molecule has 0 unspecified atom stereocenters. The molecule has 4 aromatic rings. The SMILES string of the molecule is CC(C)c1noc(-c2cc(=O)n(CC(=O)N3CCN(c4ccc(F)cc4)CC3)c3ccccc23)n1. The van der Waals surface area contributed by atoms with Gasteiger partial charge in [0.2, 0.25) is 5.91 Å². The molecular formula is C26H26FN5O3. The number of piperazine rings is 1. The zero-order valence-electron chi connectivity index (χ0n) is 19.6. The Morgan fingerprint density at radius 3 is 2.46 bits per heavy atom. The van der Waals surface area contributed by atoms with E-state index < -0.39 is 0 Å². The van der Waals surface area contributed by atoms with Crippen LogP contribution in [0, 0.1) is 5.82 Å². The second-order valence-electron chi connectivity index (χ2n) is 8.96. The van der Waals surface area contributed by atoms with Crippen molar-refractivity contribution in [2.24, 2.45) is 0 Å². The van der Waals surface area contributed by atoms with Crippen LogP contribution in [0.4, 0.5) is 10.1 Å². The van der Waals surface area contributed by atoms with Gasteiger partial charge >= 0.3 is 0 Å². The van der Waals surface area contributed by atoms with Gasteiger partial charge < -0.3 is 14.3 Å². The lowest BCUT2D eigenvalue weighted by atomic mass is 10.1. The van der Waals surface area contributed by atoms with Crippen LogP contribution >= 0.6 is 0 Å². The van der Waals surface area contributed by atoms with Gasteiger partial charge in [-0.3, -0.25) is 14.2 Å². The molecular weight excluding hydrogens is 449 g/mol. The van der Waals surface area contributed by atoms with Gasteiger partial charge in [-0.05, 0) is 30.3 Å². The van der Waals surface area contributed by atoms with Gasteiger partial charge in [0, 0.05) is 49.2 Å². The summed E-state index contributed by atoms with van der Waals surface area (Å²) in [6.45, 7) is 6.22. The van der Waals surface area contributed by atoms with Crippen LogP contribution in [0.2, 0.25) is 0 Å². The summed E-state index contributed by atoms with van der Waals surface area (Å²) >= 11 is 0. The molecule has 3 heterocycles. The van der Waals surface area contributed by atoms with Crippen LogP contribution in [-0.2, 0) is 11.3 Å². The molecule has 0 N–H and O–H groups in total. The number of carbonyl (C=O) groups is 1. The minimum Gasteiger partial charge on any atom is -0.368 e. The van der Waals surface area contributed by atoms with Crippen molar-refractivity contribution in [2.75, 3.05) is 31.1 Å². The highest BCUT2D eigenvalue weighted by atomic mass is 19.1. The highest BCUT2D eigenvalue weighted by Crippen LogP contribution is 2.27. The molecule has 1 saturated heterocycles. The van der Waals surface area contributed by atoms with Crippen molar-refractivity contribution >= 4 is 22.5 Å². The summed E-state index contributed by atoms with van der Waals surface area (Å²) in [6.07, 6.45) is 0. The average molecular weight is 476 g/mol. The molecule has 1 amide bonds. The number of hydrogen-bond donors (Lipinski definition) is 0. The number of benzene rings is 2. The largest absolute Gasteiger partial charge is 0.368 e. The van der Waals surface area contributed by atoms with Crippen LogP contribution < -0.4 is 10.5 Å². The summed E-state index contributed by atoms with van der Waals surface area (Å²) in [6, 6.07) is 15.2. The molecule has 35 heavy (non-hydrogen) atoms. The monoisotopic (exact) mass is 475 g/mol. The van der Waals surface area contributed by atoms with Crippen LogP contribution in [0.5, 0.6) is 0 Å². The fourth-order valence-electron chi connectivity index (χ4n) is 4.35. The Balaban J connectivity index is 1.37. The lowest BCUT2D eigenvalue weighted by molar-refractivity contribution is -0.132. The number of fused-ring (bicyclic) bond motifs is 1. The van der Waals surface area contributed by atoms with E-state index in [2.05, 4.69) is 15.0 Å². The van der Waals surface area contributed by atoms with E-state index in [-0.39, 0.29) is 35.6 Å². The molecule has 0 radical (unpaired) electrons. The van der Waals surface area contributed by atoms with E-state index in [0.29, 0.717) is 43.1 Å². The third-order valence-electron chi connectivity index (χ3n) is 6.32. The van der Waals surface area contributed by atoms with Gasteiger partial charge in [0.05, 0.1) is 11.1 Å². The summed E-state index contributed by atoms with van der Waals surface area (Å²) in [4.78, 5) is 34.6. The van der Waals surface area contributed by atoms with Gasteiger partial charge in [-0.1, -0.05) is 37.2 Å². The predicted octanol–water partition coefficient (Wildman–Crippen LogP) is 3.66. The Kier molecular flexibility index (Phi) is 6.07. The molecule has 0 aliphatic carbocycles. The summed E-state index contributed by atoms with van der Waals surface area (Å²) in [5.74, 6) is 0.565. The van der Waals surface area contributed by atoms with Gasteiger partial charge in [0.1, 0.15) is 12.4 Å². The molecule has 1 aliphatic rings. The Hall–Kier alpha value is -4.01. The standard InChI is InChI=1S/C26H26FN5O3/c1-17(2)25-28-26(35-29-25)21-15-23(33)32(22-6-4-3-5-20(21)22)16-24(34)31-13-11-30(12-14-31)19-9-7-18(27)8-10-19/h3-10,15,17H,11-14,16H2,1-2H3. The quantitative estimate of drug-likeness (QED) is 0.438. The predicted molar refractivity (Wildman–Crippen MR) is 131 cm³/mol. The highest BCUT2D eigenvalue weighted by molar-refractivity contribution is 5.93. The van der Waals surface area contributed by atoms with Crippen LogP contribution in [0.15, 0.2) is 63.9 Å². The summed E-state index contributed by atoms with van der Waals surface area (Å²) in [5.41, 5.74) is 1.82. The maximum absolute atomic E-state index is 13.2. The maximum atomic E-state index is 13.2. The van der Waals surface area contributed by atoms with E-state index in [1.54, 1.807) is 17.0 Å². The smallest absolute Gasteiger partial charge is 0.258 e. The molecule has 0 atom stereocenters. The number of rotatable bonds is 5. The molecule has 8 nitrogen and oxygen atoms in total. The van der Waals surface area contributed by atoms with Crippen molar-refractivity contribution in [3.63, 3.8) is 0 Å². The molecule has 1 aliphatic heterocycles. The number of halogens is 1. The van der Waals surface area contributed by atoms with Crippen LogP contribution in [0.1, 0.15) is 25.6 Å². The van der Waals surface area contributed by atoms with Crippen molar-refractivity contribution < 1.29 is 13.7 Å². The molecule has 0 spiro atoms. The number of pyridine rings is 1. The van der Waals surface area contributed by atoms with Crippen molar-refractivity contribution in [2.45, 2.75) is 26.3 Å². The average Bonchev–Trinajstić information content (AvgIpc) is 3.37. The number of para-hydroxylation sites is 1. The third kappa shape index (κ3) is 4.53. The Morgan fingerprint density at radius 2 is 1.77 bits per heavy atom. The van der Waals surface area contributed by atoms with Gasteiger partial charge in [0.15, 0.2) is 5.82 Å². The van der Waals surface area contributed by atoms with Gasteiger partial charge in [-0.25, -0.2) is 4.39 Å². The summed E-state index contributed by atoms with van der Waals surface area (Å²) < 4.78 is 20.1. The van der Waals surface area contributed by atoms with Crippen LogP contribution in [0.3, 0.4) is 0 Å². The molecule has 0 bridgehead atoms. The number of anilines is 1. The zero-order valence-corrected chi connectivity index (χ0v) is 19.6. The minimum absolute atomic E-state index is 0.0583. The van der Waals surface area contributed by atoms with E-state index in [1.165, 1.54) is 22.8 Å². The minimum atomic E-state index is -0.304. The van der Waals surface area contributed by atoms with Crippen molar-refractivity contribution in [3.8, 4) is 11.5 Å². The van der Waals surface area contributed by atoms with E-state index in [0.717, 1.165) is 11.1 Å². The fraction of sp³-hybridized carbons (Fsp3) is 0.308. The Labute approximate surface area is 201 Å². The number of amides is 1. The van der Waals surface area contributed by atoms with Gasteiger partial charge in [-0.2, -0.15) is 4.98 Å². The molecule has 2 aromatic carbocycles. The number of nitrogens with zero attached hydrogens (tertiary/aromatic N) is 5. The molecule has 5 rings (SSSR count). The second-order valence-corrected chi connectivity index (χ2v) is 8.96. The van der Waals surface area contributed by atoms with Crippen LogP contribution in [0.25, 0.3) is 22.4 Å². The first-order chi connectivity index (χ1) is 16.9. The van der Waals surface area contributed by atoms with E-state index >= 15 is 0 Å². The first kappa shape index (κ1) is 22.8. The zero-order chi connectivity index (χ0) is 24.5. The second kappa shape index (κ2) is 9.32. The Morgan fingerprint density at radius 1 is 1.06 bits per heavy atom. The van der Waals surface area contributed by atoms with E-state index in [9.17, 15) is 14.0 Å². The van der Waals surface area contributed by atoms with Gasteiger partial charge in [-0.15, -0.1) is 0 Å². The molecule has 1 fully saturated rings. The van der Waals surface area contributed by atoms with Crippen molar-refractivity contribution in [3.05, 3.63) is 76.6 Å². The normalized spacial score (nSPS) is 14.2. The van der Waals surface area contributed by atoms with Gasteiger partial charge in [0.25, 0.3) is 11.4 Å². The number of aromatic nitrogens is 3. The first-order valence-electron chi connectivity index (χ1n) is 11.7. The molecule has 0 saturated carbocycles. The fourth-order valence-corrected chi connectivity index (χ4v) is 4.35. The maximum Gasteiger partial charge on any atom is 0.258 e. The topological polar surface area (TPSA) is 84.5 Å². The number of hydrogen-bond acceptors (Lipinski definition) is 6. The summed E-state index contributed by atoms with van der Waals surface area (Å²) in [5, 5.41) is 4.78. The number of carbonyl (C=O) groups excluding carboxylic acids is 1. The Bertz CT molecular complexity index is 1420. The summed E-state index contributed by atoms with van der Waals surface area (Å²) in [7, 11) is 0. The van der Waals surface area contributed by atoms with Crippen molar-refractivity contribution in [1.29, 1.82) is 0 Å². The molecule has 9 heteroatoms. The molecule has 180 valence electrons. The van der Waals surface area contributed by atoms with Crippen molar-refractivity contribution in [1.82, 2.24) is 19.6 Å². The van der Waals surface area contributed by atoms with E-state index in [4.69, 9.17) is 4.52 Å². The lowest BCUT2D eigenvalue weighted by Crippen LogP contribution is -2.50. The third-order valence-corrected chi connectivity index (χ3v) is 6.32.